The molecule has 1 aliphatic rings. The Morgan fingerprint density at radius 2 is 0.887 bits per heavy atom. The summed E-state index contributed by atoms with van der Waals surface area (Å²) in [5.41, 5.74) is 0. The van der Waals surface area contributed by atoms with Crippen LogP contribution in [0.15, 0.2) is 23.7 Å². The first-order valence-electron chi connectivity index (χ1n) is 24.6. The van der Waals surface area contributed by atoms with Crippen molar-refractivity contribution in [3.05, 3.63) is 18.7 Å². The monoisotopic (exact) mass is 957 g/mol. The second-order valence-corrected chi connectivity index (χ2v) is 20.4. The molecule has 62 heavy (non-hydrogen) atoms. The molecule has 0 saturated carbocycles. The molecule has 0 aliphatic carbocycles. The van der Waals surface area contributed by atoms with E-state index >= 15 is 0 Å². The third-order valence-electron chi connectivity index (χ3n) is 8.82. The molecule has 0 fully saturated rings. The van der Waals surface area contributed by atoms with Crippen molar-refractivity contribution in [2.75, 3.05) is 118 Å². The van der Waals surface area contributed by atoms with Crippen LogP contribution < -0.4 is 0 Å². The summed E-state index contributed by atoms with van der Waals surface area (Å²) in [6.45, 7) is 38.3. The summed E-state index contributed by atoms with van der Waals surface area (Å²) in [4.78, 5) is 43.0. The molecule has 2 rings (SSSR count). The van der Waals surface area contributed by atoms with Gasteiger partial charge in [-0.3, -0.25) is 4.99 Å². The lowest BCUT2D eigenvalue weighted by molar-refractivity contribution is -0.287. The predicted molar refractivity (Wildman–Crippen MR) is 272 cm³/mol. The highest BCUT2D eigenvalue weighted by Crippen LogP contribution is 2.05. The zero-order chi connectivity index (χ0) is 46.3. The van der Waals surface area contributed by atoms with Crippen molar-refractivity contribution in [3.63, 3.8) is 0 Å². The number of rotatable bonds is 39. The minimum atomic E-state index is -0.259. The summed E-state index contributed by atoms with van der Waals surface area (Å²) in [7, 11) is -0.524. The van der Waals surface area contributed by atoms with Crippen molar-refractivity contribution in [1.29, 1.82) is 0 Å². The predicted octanol–water partition coefficient (Wildman–Crippen LogP) is 5.33. The van der Waals surface area contributed by atoms with Gasteiger partial charge in [0.05, 0.1) is 58.9 Å². The van der Waals surface area contributed by atoms with Crippen LogP contribution in [-0.2, 0) is 49.1 Å². The first kappa shape index (κ1) is 65.4. The molecule has 0 saturated heterocycles. The first-order valence-corrected chi connectivity index (χ1v) is 31.7. The fourth-order valence-corrected chi connectivity index (χ4v) is 9.27. The molecule has 0 bridgehead atoms. The molecule has 0 aromatic carbocycles. The number of hydrogen-bond donors (Lipinski definition) is 0. The number of aliphatic imine (C=N–C) groups is 1. The van der Waals surface area contributed by atoms with Crippen LogP contribution in [0.2, 0.25) is 30.7 Å². The Bertz CT molecular complexity index is 899. The van der Waals surface area contributed by atoms with E-state index in [4.69, 9.17) is 13.3 Å². The minimum absolute atomic E-state index is 0.235. The zero-order valence-corrected chi connectivity index (χ0v) is 47.7. The standard InChI is InChI=1S/C16H37N3O2Si2.C15H33N3OSi2.3C4H10O2/c1-3-20-22-14-6-11-18(12-7-15-23-21-4-2)9-5-10-19-13-8-17-16-19;1-3-19-21-14-6-11-17(10-5-13-20-2)8-4-9-18-12-7-16-15-18;3*1-3-5-6-4-2/h16H,3-15,22-23H2,1-2H3;7,12,15H,3-6,8-11,13-14,20-21H2,1-2H3;3*3-4H2,1-2H3. The van der Waals surface area contributed by atoms with Gasteiger partial charge in [0.15, 0.2) is 29.3 Å². The zero-order valence-electron chi connectivity index (χ0n) is 42.0. The van der Waals surface area contributed by atoms with Gasteiger partial charge < -0.3 is 32.5 Å². The molecule has 19 heteroatoms. The Morgan fingerprint density at radius 3 is 1.21 bits per heavy atom. The van der Waals surface area contributed by atoms with Crippen LogP contribution in [0.5, 0.6) is 0 Å². The molecule has 0 amide bonds. The van der Waals surface area contributed by atoms with Gasteiger partial charge in [0.1, 0.15) is 0 Å². The van der Waals surface area contributed by atoms with E-state index < -0.39 is 0 Å². The maximum absolute atomic E-state index is 5.58. The van der Waals surface area contributed by atoms with Crippen molar-refractivity contribution in [2.24, 2.45) is 4.99 Å². The van der Waals surface area contributed by atoms with Crippen molar-refractivity contribution in [1.82, 2.24) is 24.3 Å². The van der Waals surface area contributed by atoms with Crippen LogP contribution in [0.4, 0.5) is 0 Å². The largest absolute Gasteiger partial charge is 0.424 e. The molecule has 0 unspecified atom stereocenters. The van der Waals surface area contributed by atoms with Gasteiger partial charge in [-0.25, -0.2) is 34.3 Å². The van der Waals surface area contributed by atoms with E-state index in [9.17, 15) is 0 Å². The van der Waals surface area contributed by atoms with Crippen LogP contribution in [-0.4, -0.2) is 188 Å². The van der Waals surface area contributed by atoms with Crippen LogP contribution >= 0.6 is 0 Å². The lowest BCUT2D eigenvalue weighted by Crippen LogP contribution is -2.31. The second kappa shape index (κ2) is 60.1. The Morgan fingerprint density at radius 1 is 0.500 bits per heavy atom. The van der Waals surface area contributed by atoms with Crippen molar-refractivity contribution >= 4 is 45.1 Å². The smallest absolute Gasteiger partial charge is 0.161 e. The van der Waals surface area contributed by atoms with Gasteiger partial charge in [0, 0.05) is 61.4 Å². The molecule has 0 radical (unpaired) electrons. The molecule has 1 aromatic heterocycles. The fourth-order valence-electron chi connectivity index (χ4n) is 5.79. The first-order chi connectivity index (χ1) is 30.5. The van der Waals surface area contributed by atoms with Crippen LogP contribution in [0.1, 0.15) is 101 Å². The molecule has 1 aliphatic heterocycles. The Balaban J connectivity index is -0.000000808. The van der Waals surface area contributed by atoms with Crippen LogP contribution in [0, 0.1) is 0 Å². The van der Waals surface area contributed by atoms with E-state index in [2.05, 4.69) is 92.1 Å². The van der Waals surface area contributed by atoms with Crippen molar-refractivity contribution in [2.45, 2.75) is 138 Å². The maximum atomic E-state index is 5.58. The summed E-state index contributed by atoms with van der Waals surface area (Å²) in [6.07, 6.45) is 15.7. The summed E-state index contributed by atoms with van der Waals surface area (Å²) in [5.74, 6) is 0. The van der Waals surface area contributed by atoms with Crippen LogP contribution in [0.3, 0.4) is 0 Å². The van der Waals surface area contributed by atoms with E-state index in [1.807, 2.05) is 60.4 Å². The van der Waals surface area contributed by atoms with Gasteiger partial charge in [-0.05, 0) is 158 Å². The van der Waals surface area contributed by atoms with Crippen LogP contribution in [0.25, 0.3) is 0 Å². The molecule has 2 heterocycles. The molecular formula is C43H100N6O9Si4. The summed E-state index contributed by atoms with van der Waals surface area (Å²) in [6, 6.07) is 5.45. The van der Waals surface area contributed by atoms with E-state index in [0.717, 1.165) is 46.0 Å². The Labute approximate surface area is 390 Å². The molecular weight excluding hydrogens is 857 g/mol. The second-order valence-electron chi connectivity index (χ2n) is 14.1. The Kier molecular flexibility index (Phi) is 63.4. The normalized spacial score (nSPS) is 12.5. The van der Waals surface area contributed by atoms with E-state index in [1.165, 1.54) is 102 Å². The summed E-state index contributed by atoms with van der Waals surface area (Å²) < 4.78 is 18.9. The lowest BCUT2D eigenvalue weighted by Gasteiger charge is -2.23. The average Bonchev–Trinajstić information content (AvgIpc) is 4.03. The molecule has 1 aromatic rings. The maximum Gasteiger partial charge on any atom is 0.161 e. The van der Waals surface area contributed by atoms with Gasteiger partial charge >= 0.3 is 0 Å². The van der Waals surface area contributed by atoms with Crippen molar-refractivity contribution < 1.29 is 42.6 Å². The number of imidazole rings is 1. The molecule has 15 nitrogen and oxygen atoms in total. The van der Waals surface area contributed by atoms with Gasteiger partial charge in [-0.2, -0.15) is 0 Å². The van der Waals surface area contributed by atoms with Gasteiger partial charge in [-0.15, -0.1) is 0 Å². The topological polar surface area (TPSA) is 123 Å². The fraction of sp³-hybridized carbons (Fsp3) is 0.907. The van der Waals surface area contributed by atoms with E-state index in [-0.39, 0.29) is 38.8 Å². The molecule has 0 N–H and O–H groups in total. The molecule has 0 spiro atoms. The van der Waals surface area contributed by atoms with Gasteiger partial charge in [0.25, 0.3) is 0 Å². The highest BCUT2D eigenvalue weighted by molar-refractivity contribution is 6.33. The highest BCUT2D eigenvalue weighted by Gasteiger charge is 2.09. The third kappa shape index (κ3) is 55.2. The van der Waals surface area contributed by atoms with Gasteiger partial charge in [-0.1, -0.05) is 12.6 Å². The van der Waals surface area contributed by atoms with E-state index in [1.54, 1.807) is 0 Å². The summed E-state index contributed by atoms with van der Waals surface area (Å²) in [5, 5.41) is 0. The summed E-state index contributed by atoms with van der Waals surface area (Å²) >= 11 is 0. The highest BCUT2D eigenvalue weighted by atomic mass is 28.2. The van der Waals surface area contributed by atoms with E-state index in [0.29, 0.717) is 39.6 Å². The quantitative estimate of drug-likeness (QED) is 0.0366. The lowest BCUT2D eigenvalue weighted by atomic mass is 10.3. The molecule has 0 atom stereocenters. The van der Waals surface area contributed by atoms with Crippen molar-refractivity contribution in [3.8, 4) is 0 Å². The average molecular weight is 958 g/mol. The number of hydrogen-bond acceptors (Lipinski definition) is 14. The Hall–Kier alpha value is -0.892. The number of aryl methyl sites for hydroxylation is 1. The number of nitrogens with zero attached hydrogens (tertiary/aromatic N) is 6. The van der Waals surface area contributed by atoms with Gasteiger partial charge in [0.2, 0.25) is 0 Å². The third-order valence-corrected chi connectivity index (χ3v) is 14.5. The minimum Gasteiger partial charge on any atom is -0.424 e. The molecule has 372 valence electrons. The SMILES string of the molecule is CCOOCC.CCOOCC.CCOOCC.CCO[SiH2]CCCN(CCC[SiH2]C)CCCn1ccnc1.CCO[SiH2]CCCN(CCC[SiH2]OCC)CCCN1C=NCC1. The number of aromatic nitrogens is 2.